The number of hydrogen-bond donors (Lipinski definition) is 5. The van der Waals surface area contributed by atoms with Gasteiger partial charge in [0.05, 0.1) is 5.56 Å². The van der Waals surface area contributed by atoms with Crippen molar-refractivity contribution in [1.82, 2.24) is 15.3 Å². The first-order valence-corrected chi connectivity index (χ1v) is 7.14. The molecule has 9 nitrogen and oxygen atoms in total. The number of carbonyl (C=O) groups excluding carboxylic acids is 1. The van der Waals surface area contributed by atoms with Crippen molar-refractivity contribution >= 4 is 29.2 Å². The molecule has 0 bridgehead atoms. The van der Waals surface area contributed by atoms with E-state index in [1.54, 1.807) is 6.20 Å². The number of nitrogens with one attached hydrogen (secondary N) is 3. The number of nitrogen functional groups attached to an aromatic ring is 2. The average molecular weight is 328 g/mol. The second-order valence-corrected chi connectivity index (χ2v) is 5.26. The summed E-state index contributed by atoms with van der Waals surface area (Å²) in [5.41, 5.74) is 12.6. The third-order valence-corrected chi connectivity index (χ3v) is 3.20. The molecule has 2 rings (SSSR count). The van der Waals surface area contributed by atoms with Crippen LogP contribution in [0.4, 0.5) is 22.1 Å². The number of nitrogens with two attached hydrogens (primary N) is 2. The number of urea groups is 1. The van der Waals surface area contributed by atoms with E-state index in [1.165, 1.54) is 12.3 Å². The Labute approximate surface area is 139 Å². The van der Waals surface area contributed by atoms with Crippen LogP contribution in [-0.4, -0.2) is 35.9 Å². The minimum absolute atomic E-state index is 0.177. The second kappa shape index (κ2) is 7.27. The van der Waals surface area contributed by atoms with Crippen LogP contribution in [0.2, 0.25) is 0 Å². The van der Waals surface area contributed by atoms with Crippen LogP contribution in [-0.2, 0) is 6.54 Å². The molecular weight excluding hydrogens is 308 g/mol. The third kappa shape index (κ3) is 4.09. The zero-order chi connectivity index (χ0) is 17.7. The number of amides is 2. The highest BCUT2D eigenvalue weighted by Gasteiger charge is 2.09. The van der Waals surface area contributed by atoms with Crippen LogP contribution in [0.5, 0.6) is 0 Å². The molecule has 0 saturated carbocycles. The maximum absolute atomic E-state index is 12.0. The highest BCUT2D eigenvalue weighted by atomic mass is 16.2. The monoisotopic (exact) mass is 328 g/mol. The molecule has 0 spiro atoms. The third-order valence-electron chi connectivity index (χ3n) is 3.20. The summed E-state index contributed by atoms with van der Waals surface area (Å²) < 4.78 is 0. The van der Waals surface area contributed by atoms with Gasteiger partial charge in [-0.15, -0.1) is 0 Å². The number of anilines is 3. The van der Waals surface area contributed by atoms with Crippen molar-refractivity contribution in [3.05, 3.63) is 41.7 Å². The predicted octanol–water partition coefficient (Wildman–Crippen LogP) is 0.731. The van der Waals surface area contributed by atoms with E-state index in [0.29, 0.717) is 12.1 Å². The van der Waals surface area contributed by atoms with Gasteiger partial charge in [0.2, 0.25) is 0 Å². The molecule has 0 atom stereocenters. The van der Waals surface area contributed by atoms with Crippen LogP contribution < -0.4 is 27.0 Å². The Balaban J connectivity index is 1.99. The highest BCUT2D eigenvalue weighted by molar-refractivity contribution is 6.00. The fourth-order valence-corrected chi connectivity index (χ4v) is 2.07. The largest absolute Gasteiger partial charge is 0.398 e. The van der Waals surface area contributed by atoms with Crippen molar-refractivity contribution in [2.45, 2.75) is 6.54 Å². The Hall–Kier alpha value is -3.36. The first kappa shape index (κ1) is 17.0. The Kier molecular flexibility index (Phi) is 5.15. The van der Waals surface area contributed by atoms with Crippen molar-refractivity contribution in [2.75, 3.05) is 30.0 Å². The van der Waals surface area contributed by atoms with Gasteiger partial charge in [0.25, 0.3) is 0 Å². The van der Waals surface area contributed by atoms with E-state index in [1.807, 2.05) is 31.1 Å². The molecule has 24 heavy (non-hydrogen) atoms. The smallest absolute Gasteiger partial charge is 0.320 e. The zero-order valence-corrected chi connectivity index (χ0v) is 13.5. The molecule has 2 aromatic heterocycles. The minimum Gasteiger partial charge on any atom is -0.398 e. The molecule has 0 unspecified atom stereocenters. The summed E-state index contributed by atoms with van der Waals surface area (Å²) in [6.07, 6.45) is 3.04. The van der Waals surface area contributed by atoms with Crippen LogP contribution in [0.3, 0.4) is 0 Å². The molecule has 0 aliphatic rings. The van der Waals surface area contributed by atoms with Crippen molar-refractivity contribution in [1.29, 1.82) is 5.41 Å². The molecule has 0 aliphatic heterocycles. The van der Waals surface area contributed by atoms with Gasteiger partial charge in [-0.25, -0.2) is 14.8 Å². The molecule has 2 amide bonds. The lowest BCUT2D eigenvalue weighted by Gasteiger charge is -2.16. The number of amidine groups is 1. The van der Waals surface area contributed by atoms with Gasteiger partial charge >= 0.3 is 6.03 Å². The van der Waals surface area contributed by atoms with Gasteiger partial charge in [-0.2, -0.15) is 0 Å². The fourth-order valence-electron chi connectivity index (χ4n) is 2.07. The first-order chi connectivity index (χ1) is 11.4. The Morgan fingerprint density at radius 1 is 1.38 bits per heavy atom. The van der Waals surface area contributed by atoms with Gasteiger partial charge in [0.15, 0.2) is 0 Å². The van der Waals surface area contributed by atoms with Crippen LogP contribution >= 0.6 is 0 Å². The number of rotatable bonds is 5. The SMILES string of the molecule is CN(C)c1ncccc1CNC(=O)Nc1cc(N)c(C(=N)N)cn1. The summed E-state index contributed by atoms with van der Waals surface area (Å²) >= 11 is 0. The van der Waals surface area contributed by atoms with Crippen LogP contribution in [0.25, 0.3) is 0 Å². The standard InChI is InChI=1S/C15H20N8O/c1-23(2)14-9(4-3-5-19-14)7-21-15(24)22-12-6-11(16)10(8-20-12)13(17)18/h3-6,8H,7H2,1-2H3,(H3,17,18)(H4,16,20,21,22,24). The summed E-state index contributed by atoms with van der Waals surface area (Å²) in [4.78, 5) is 22.1. The number of aromatic nitrogens is 2. The van der Waals surface area contributed by atoms with Crippen molar-refractivity contribution in [3.8, 4) is 0 Å². The predicted molar refractivity (Wildman–Crippen MR) is 94.1 cm³/mol. The first-order valence-electron chi connectivity index (χ1n) is 7.14. The van der Waals surface area contributed by atoms with E-state index in [0.717, 1.165) is 11.4 Å². The van der Waals surface area contributed by atoms with Crippen molar-refractivity contribution < 1.29 is 4.79 Å². The van der Waals surface area contributed by atoms with E-state index in [-0.39, 0.29) is 17.3 Å². The van der Waals surface area contributed by atoms with Gasteiger partial charge in [-0.3, -0.25) is 10.7 Å². The molecule has 9 heteroatoms. The summed E-state index contributed by atoms with van der Waals surface area (Å²) in [6.45, 7) is 0.314. The summed E-state index contributed by atoms with van der Waals surface area (Å²) in [5, 5.41) is 12.7. The number of nitrogens with zero attached hydrogens (tertiary/aromatic N) is 3. The Morgan fingerprint density at radius 2 is 2.12 bits per heavy atom. The molecule has 126 valence electrons. The van der Waals surface area contributed by atoms with Gasteiger partial charge in [-0.05, 0) is 6.07 Å². The van der Waals surface area contributed by atoms with E-state index < -0.39 is 6.03 Å². The maximum atomic E-state index is 12.0. The highest BCUT2D eigenvalue weighted by Crippen LogP contribution is 2.15. The molecule has 0 radical (unpaired) electrons. The minimum atomic E-state index is -0.425. The second-order valence-electron chi connectivity index (χ2n) is 5.26. The molecule has 0 aliphatic carbocycles. The van der Waals surface area contributed by atoms with Gasteiger partial charge < -0.3 is 21.7 Å². The molecule has 2 aromatic rings. The van der Waals surface area contributed by atoms with Crippen LogP contribution in [0.1, 0.15) is 11.1 Å². The van der Waals surface area contributed by atoms with E-state index in [4.69, 9.17) is 16.9 Å². The molecular formula is C15H20N8O. The van der Waals surface area contributed by atoms with Gasteiger partial charge in [0.1, 0.15) is 17.5 Å². The molecule has 0 aromatic carbocycles. The van der Waals surface area contributed by atoms with Gasteiger partial charge in [0, 0.05) is 50.4 Å². The molecule has 0 fully saturated rings. The van der Waals surface area contributed by atoms with E-state index in [2.05, 4.69) is 20.6 Å². The van der Waals surface area contributed by atoms with E-state index >= 15 is 0 Å². The Morgan fingerprint density at radius 3 is 2.75 bits per heavy atom. The summed E-state index contributed by atoms with van der Waals surface area (Å²) in [7, 11) is 3.77. The zero-order valence-electron chi connectivity index (χ0n) is 13.5. The summed E-state index contributed by atoms with van der Waals surface area (Å²) in [5.74, 6) is 0.879. The lowest BCUT2D eigenvalue weighted by atomic mass is 10.2. The average Bonchev–Trinajstić information content (AvgIpc) is 2.52. The maximum Gasteiger partial charge on any atom is 0.320 e. The van der Waals surface area contributed by atoms with Crippen LogP contribution in [0.15, 0.2) is 30.6 Å². The lowest BCUT2D eigenvalue weighted by Crippen LogP contribution is -2.29. The molecule has 2 heterocycles. The molecule has 7 N–H and O–H groups in total. The Bertz CT molecular complexity index is 759. The normalized spacial score (nSPS) is 10.1. The van der Waals surface area contributed by atoms with Crippen molar-refractivity contribution in [2.24, 2.45) is 5.73 Å². The lowest BCUT2D eigenvalue weighted by molar-refractivity contribution is 0.251. The summed E-state index contributed by atoms with van der Waals surface area (Å²) in [6, 6.07) is 4.72. The van der Waals surface area contributed by atoms with Crippen LogP contribution in [0, 0.1) is 5.41 Å². The number of hydrogen-bond acceptors (Lipinski definition) is 6. The molecule has 0 saturated heterocycles. The topological polar surface area (TPSA) is 146 Å². The number of pyridine rings is 2. The quantitative estimate of drug-likeness (QED) is 0.404. The number of carbonyl (C=O) groups is 1. The van der Waals surface area contributed by atoms with Gasteiger partial charge in [-0.1, -0.05) is 6.07 Å². The fraction of sp³-hybridized carbons (Fsp3) is 0.200. The van der Waals surface area contributed by atoms with Crippen molar-refractivity contribution in [3.63, 3.8) is 0 Å². The van der Waals surface area contributed by atoms with E-state index in [9.17, 15) is 4.79 Å².